The lowest BCUT2D eigenvalue weighted by atomic mass is 10.1. The van der Waals surface area contributed by atoms with Crippen LogP contribution >= 0.6 is 0 Å². The van der Waals surface area contributed by atoms with E-state index >= 15 is 0 Å². The Kier molecular flexibility index (Phi) is 2.81. The molecule has 2 rings (SSSR count). The zero-order valence-corrected chi connectivity index (χ0v) is 8.40. The van der Waals surface area contributed by atoms with Gasteiger partial charge in [-0.25, -0.2) is 0 Å². The minimum atomic E-state index is -0.426. The van der Waals surface area contributed by atoms with Crippen LogP contribution in [0.3, 0.4) is 0 Å². The van der Waals surface area contributed by atoms with Crippen molar-refractivity contribution in [2.45, 2.75) is 19.3 Å². The lowest BCUT2D eigenvalue weighted by Crippen LogP contribution is -2.25. The number of benzene rings is 1. The number of Topliss-reactive ketones (excluding diaryl/α,β-unsaturated/α-hetero) is 1. The highest BCUT2D eigenvalue weighted by Gasteiger charge is 2.30. The second-order valence-electron chi connectivity index (χ2n) is 3.77. The third-order valence-electron chi connectivity index (χ3n) is 2.66. The number of anilines is 1. The summed E-state index contributed by atoms with van der Waals surface area (Å²) < 4.78 is 0. The molecule has 1 aromatic rings. The van der Waals surface area contributed by atoms with Crippen molar-refractivity contribution >= 4 is 17.4 Å². The fourth-order valence-electron chi connectivity index (χ4n) is 1.84. The quantitative estimate of drug-likeness (QED) is 0.747. The summed E-state index contributed by atoms with van der Waals surface area (Å²) in [6.45, 7) is 0. The maximum absolute atomic E-state index is 11.7. The molecule has 1 aromatic carbocycles. The molecular weight excluding hydrogens is 190 g/mol. The van der Waals surface area contributed by atoms with Gasteiger partial charge in [0.2, 0.25) is 5.91 Å². The first-order valence-corrected chi connectivity index (χ1v) is 5.16. The summed E-state index contributed by atoms with van der Waals surface area (Å²) in [5, 5.41) is 2.75. The number of para-hydroxylation sites is 1. The van der Waals surface area contributed by atoms with Crippen molar-refractivity contribution in [2.24, 2.45) is 5.92 Å². The first-order valence-electron chi connectivity index (χ1n) is 5.16. The summed E-state index contributed by atoms with van der Waals surface area (Å²) >= 11 is 0. The zero-order valence-electron chi connectivity index (χ0n) is 8.40. The minimum absolute atomic E-state index is 0.0726. The van der Waals surface area contributed by atoms with E-state index in [2.05, 4.69) is 5.32 Å². The van der Waals surface area contributed by atoms with Crippen LogP contribution in [0.25, 0.3) is 0 Å². The monoisotopic (exact) mass is 203 g/mol. The van der Waals surface area contributed by atoms with Crippen molar-refractivity contribution in [2.75, 3.05) is 5.32 Å². The number of carbonyl (C=O) groups excluding carboxylic acids is 2. The highest BCUT2D eigenvalue weighted by atomic mass is 16.2. The molecule has 0 aliphatic heterocycles. The lowest BCUT2D eigenvalue weighted by Gasteiger charge is -2.08. The van der Waals surface area contributed by atoms with Gasteiger partial charge in [-0.1, -0.05) is 18.2 Å². The summed E-state index contributed by atoms with van der Waals surface area (Å²) in [4.78, 5) is 23.0. The molecule has 3 heteroatoms. The highest BCUT2D eigenvalue weighted by molar-refractivity contribution is 6.08. The van der Waals surface area contributed by atoms with Crippen LogP contribution in [-0.2, 0) is 9.59 Å². The average Bonchev–Trinajstić information content (AvgIpc) is 2.66. The van der Waals surface area contributed by atoms with Gasteiger partial charge in [-0.3, -0.25) is 9.59 Å². The first-order chi connectivity index (χ1) is 7.27. The fourth-order valence-corrected chi connectivity index (χ4v) is 1.84. The summed E-state index contributed by atoms with van der Waals surface area (Å²) in [6, 6.07) is 9.23. The molecule has 3 nitrogen and oxygen atoms in total. The van der Waals surface area contributed by atoms with Crippen molar-refractivity contribution < 1.29 is 9.59 Å². The Balaban J connectivity index is 2.01. The topological polar surface area (TPSA) is 46.2 Å². The molecule has 1 unspecified atom stereocenters. The molecule has 78 valence electrons. The predicted octanol–water partition coefficient (Wildman–Crippen LogP) is 1.99. The van der Waals surface area contributed by atoms with Crippen molar-refractivity contribution in [3.05, 3.63) is 30.3 Å². The molecule has 0 heterocycles. The number of hydrogen-bond acceptors (Lipinski definition) is 2. The largest absolute Gasteiger partial charge is 0.325 e. The van der Waals surface area contributed by atoms with Crippen LogP contribution in [0, 0.1) is 5.92 Å². The molecule has 1 aliphatic carbocycles. The fraction of sp³-hybridized carbons (Fsp3) is 0.333. The van der Waals surface area contributed by atoms with Gasteiger partial charge in [0, 0.05) is 12.1 Å². The van der Waals surface area contributed by atoms with E-state index in [1.165, 1.54) is 0 Å². The van der Waals surface area contributed by atoms with Crippen LogP contribution in [0.5, 0.6) is 0 Å². The van der Waals surface area contributed by atoms with Gasteiger partial charge in [-0.05, 0) is 25.0 Å². The van der Waals surface area contributed by atoms with Gasteiger partial charge in [0.05, 0.1) is 5.92 Å². The van der Waals surface area contributed by atoms with Crippen molar-refractivity contribution in [3.63, 3.8) is 0 Å². The van der Waals surface area contributed by atoms with Crippen LogP contribution in [0.1, 0.15) is 19.3 Å². The Morgan fingerprint density at radius 1 is 1.27 bits per heavy atom. The number of rotatable bonds is 2. The molecule has 0 saturated heterocycles. The van der Waals surface area contributed by atoms with E-state index in [0.717, 1.165) is 12.1 Å². The van der Waals surface area contributed by atoms with Gasteiger partial charge < -0.3 is 5.32 Å². The molecule has 0 radical (unpaired) electrons. The third-order valence-corrected chi connectivity index (χ3v) is 2.66. The second kappa shape index (κ2) is 4.26. The molecule has 1 aliphatic rings. The SMILES string of the molecule is O=C1CCCC1C(=O)Nc1ccccc1. The van der Waals surface area contributed by atoms with Crippen molar-refractivity contribution in [1.82, 2.24) is 0 Å². The van der Waals surface area contributed by atoms with E-state index in [9.17, 15) is 9.59 Å². The molecule has 1 N–H and O–H groups in total. The number of nitrogens with one attached hydrogen (secondary N) is 1. The zero-order chi connectivity index (χ0) is 10.7. The number of ketones is 1. The van der Waals surface area contributed by atoms with Gasteiger partial charge in [-0.2, -0.15) is 0 Å². The van der Waals surface area contributed by atoms with Crippen LogP contribution in [0.4, 0.5) is 5.69 Å². The summed E-state index contributed by atoms with van der Waals surface area (Å²) in [6.07, 6.45) is 2.08. The Morgan fingerprint density at radius 3 is 2.60 bits per heavy atom. The third kappa shape index (κ3) is 2.24. The van der Waals surface area contributed by atoms with Gasteiger partial charge >= 0.3 is 0 Å². The summed E-state index contributed by atoms with van der Waals surface area (Å²) in [5.74, 6) is -0.516. The van der Waals surface area contributed by atoms with Crippen molar-refractivity contribution in [1.29, 1.82) is 0 Å². The maximum atomic E-state index is 11.7. The number of hydrogen-bond donors (Lipinski definition) is 1. The molecule has 1 saturated carbocycles. The van der Waals surface area contributed by atoms with Crippen molar-refractivity contribution in [3.8, 4) is 0 Å². The smallest absolute Gasteiger partial charge is 0.234 e. The van der Waals surface area contributed by atoms with E-state index in [1.807, 2.05) is 30.3 Å². The molecule has 15 heavy (non-hydrogen) atoms. The normalized spacial score (nSPS) is 20.3. The van der Waals surface area contributed by atoms with Crippen LogP contribution in [0.2, 0.25) is 0 Å². The summed E-state index contributed by atoms with van der Waals surface area (Å²) in [7, 11) is 0. The Bertz CT molecular complexity index is 372. The first kappa shape index (κ1) is 9.90. The van der Waals surface area contributed by atoms with Gasteiger partial charge in [0.15, 0.2) is 0 Å². The van der Waals surface area contributed by atoms with Crippen LogP contribution in [-0.4, -0.2) is 11.7 Å². The van der Waals surface area contributed by atoms with Crippen LogP contribution < -0.4 is 5.32 Å². The summed E-state index contributed by atoms with van der Waals surface area (Å²) in [5.41, 5.74) is 0.752. The maximum Gasteiger partial charge on any atom is 0.234 e. The standard InChI is InChI=1S/C12H13NO2/c14-11-8-4-7-10(11)12(15)13-9-5-2-1-3-6-9/h1-3,5-6,10H,4,7-8H2,(H,13,15). The molecule has 1 fully saturated rings. The molecule has 0 aromatic heterocycles. The average molecular weight is 203 g/mol. The predicted molar refractivity (Wildman–Crippen MR) is 57.4 cm³/mol. The lowest BCUT2D eigenvalue weighted by molar-refractivity contribution is -0.129. The van der Waals surface area contributed by atoms with E-state index in [1.54, 1.807) is 0 Å². The van der Waals surface area contributed by atoms with E-state index < -0.39 is 5.92 Å². The highest BCUT2D eigenvalue weighted by Crippen LogP contribution is 2.22. The Hall–Kier alpha value is -1.64. The van der Waals surface area contributed by atoms with E-state index in [-0.39, 0.29) is 11.7 Å². The molecule has 1 atom stereocenters. The molecule has 0 bridgehead atoms. The second-order valence-corrected chi connectivity index (χ2v) is 3.77. The van der Waals surface area contributed by atoms with Crippen LogP contribution in [0.15, 0.2) is 30.3 Å². The van der Waals surface area contributed by atoms with Gasteiger partial charge in [0.25, 0.3) is 0 Å². The molecule has 0 spiro atoms. The Labute approximate surface area is 88.5 Å². The van der Waals surface area contributed by atoms with E-state index in [0.29, 0.717) is 12.8 Å². The van der Waals surface area contributed by atoms with Gasteiger partial charge in [-0.15, -0.1) is 0 Å². The minimum Gasteiger partial charge on any atom is -0.325 e. The Morgan fingerprint density at radius 2 is 2.00 bits per heavy atom. The molecular formula is C12H13NO2. The van der Waals surface area contributed by atoms with E-state index in [4.69, 9.17) is 0 Å². The number of amides is 1. The van der Waals surface area contributed by atoms with Gasteiger partial charge in [0.1, 0.15) is 5.78 Å². The molecule has 1 amide bonds. The number of carbonyl (C=O) groups is 2.